The molecule has 0 saturated carbocycles. The van der Waals surface area contributed by atoms with Gasteiger partial charge in [0.2, 0.25) is 0 Å². The number of fused-ring (bicyclic) bond motifs is 1. The lowest BCUT2D eigenvalue weighted by atomic mass is 10.1. The highest BCUT2D eigenvalue weighted by atomic mass is 16.6. The molecule has 0 bridgehead atoms. The molecular formula is C21H25N3O3. The Hall–Kier alpha value is -2.89. The SMILES string of the molecule is O=C(NCCc1ccc2c(c1)OCCO2)Nc1ccc(N2CCCC2)cc1. The first-order valence-corrected chi connectivity index (χ1v) is 9.56. The van der Waals surface area contributed by atoms with Crippen molar-refractivity contribution < 1.29 is 14.3 Å². The average Bonchev–Trinajstić information content (AvgIpc) is 3.23. The summed E-state index contributed by atoms with van der Waals surface area (Å²) in [4.78, 5) is 14.5. The number of rotatable bonds is 5. The Morgan fingerprint density at radius 2 is 1.70 bits per heavy atom. The molecule has 2 amide bonds. The van der Waals surface area contributed by atoms with Crippen LogP contribution in [0.1, 0.15) is 18.4 Å². The van der Waals surface area contributed by atoms with Crippen molar-refractivity contribution in [3.63, 3.8) is 0 Å². The van der Waals surface area contributed by atoms with Crippen LogP contribution in [-0.4, -0.2) is 38.9 Å². The molecule has 0 aliphatic carbocycles. The first kappa shape index (κ1) is 17.5. The predicted molar refractivity (Wildman–Crippen MR) is 106 cm³/mol. The number of carbonyl (C=O) groups is 1. The van der Waals surface area contributed by atoms with Gasteiger partial charge in [-0.1, -0.05) is 6.07 Å². The highest BCUT2D eigenvalue weighted by Crippen LogP contribution is 2.30. The van der Waals surface area contributed by atoms with Gasteiger partial charge in [-0.05, 0) is 61.2 Å². The van der Waals surface area contributed by atoms with Gasteiger partial charge in [-0.25, -0.2) is 4.79 Å². The molecule has 2 aromatic carbocycles. The number of carbonyl (C=O) groups excluding carboxylic acids is 1. The van der Waals surface area contributed by atoms with E-state index in [2.05, 4.69) is 27.7 Å². The summed E-state index contributed by atoms with van der Waals surface area (Å²) < 4.78 is 11.1. The lowest BCUT2D eigenvalue weighted by molar-refractivity contribution is 0.171. The van der Waals surface area contributed by atoms with Crippen molar-refractivity contribution in [3.8, 4) is 11.5 Å². The summed E-state index contributed by atoms with van der Waals surface area (Å²) in [6, 6.07) is 13.7. The van der Waals surface area contributed by atoms with Crippen LogP contribution in [0, 0.1) is 0 Å². The van der Waals surface area contributed by atoms with Crippen LogP contribution in [0.4, 0.5) is 16.2 Å². The molecule has 0 aromatic heterocycles. The lowest BCUT2D eigenvalue weighted by Gasteiger charge is -2.19. The number of urea groups is 1. The summed E-state index contributed by atoms with van der Waals surface area (Å²) in [6.45, 7) is 3.96. The summed E-state index contributed by atoms with van der Waals surface area (Å²) in [5.41, 5.74) is 3.13. The second kappa shape index (κ2) is 8.20. The summed E-state index contributed by atoms with van der Waals surface area (Å²) in [7, 11) is 0. The smallest absolute Gasteiger partial charge is 0.319 e. The maximum absolute atomic E-state index is 12.1. The minimum absolute atomic E-state index is 0.193. The van der Waals surface area contributed by atoms with Crippen molar-refractivity contribution in [2.45, 2.75) is 19.3 Å². The van der Waals surface area contributed by atoms with Crippen molar-refractivity contribution in [1.82, 2.24) is 5.32 Å². The standard InChI is InChI=1S/C21H25N3O3/c25-21(23-17-4-6-18(7-5-17)24-11-1-2-12-24)22-10-9-16-3-8-19-20(15-16)27-14-13-26-19/h3-8,15H,1-2,9-14H2,(H2,22,23,25). The van der Waals surface area contributed by atoms with E-state index >= 15 is 0 Å². The van der Waals surface area contributed by atoms with Crippen LogP contribution in [0.5, 0.6) is 11.5 Å². The Bertz CT molecular complexity index is 786. The number of hydrogen-bond donors (Lipinski definition) is 2. The minimum Gasteiger partial charge on any atom is -0.486 e. The first-order valence-electron chi connectivity index (χ1n) is 9.56. The Balaban J connectivity index is 1.23. The molecule has 2 aromatic rings. The van der Waals surface area contributed by atoms with Crippen LogP contribution in [0.3, 0.4) is 0 Å². The molecule has 1 saturated heterocycles. The second-order valence-corrected chi connectivity index (χ2v) is 6.85. The van der Waals surface area contributed by atoms with Crippen LogP contribution >= 0.6 is 0 Å². The zero-order chi connectivity index (χ0) is 18.5. The number of anilines is 2. The number of nitrogens with zero attached hydrogens (tertiary/aromatic N) is 1. The van der Waals surface area contributed by atoms with E-state index in [-0.39, 0.29) is 6.03 Å². The Morgan fingerprint density at radius 3 is 2.48 bits per heavy atom. The van der Waals surface area contributed by atoms with Crippen molar-refractivity contribution in [3.05, 3.63) is 48.0 Å². The Labute approximate surface area is 159 Å². The van der Waals surface area contributed by atoms with Gasteiger partial charge in [-0.15, -0.1) is 0 Å². The van der Waals surface area contributed by atoms with Gasteiger partial charge in [0, 0.05) is 31.0 Å². The molecule has 27 heavy (non-hydrogen) atoms. The number of nitrogens with one attached hydrogen (secondary N) is 2. The molecule has 6 heteroatoms. The number of hydrogen-bond acceptors (Lipinski definition) is 4. The summed E-state index contributed by atoms with van der Waals surface area (Å²) in [6.07, 6.45) is 3.25. The molecule has 2 heterocycles. The maximum Gasteiger partial charge on any atom is 0.319 e. The highest BCUT2D eigenvalue weighted by Gasteiger charge is 2.13. The Morgan fingerprint density at radius 1 is 0.963 bits per heavy atom. The molecule has 0 unspecified atom stereocenters. The average molecular weight is 367 g/mol. The van der Waals surface area contributed by atoms with Crippen LogP contribution in [0.25, 0.3) is 0 Å². The quantitative estimate of drug-likeness (QED) is 0.850. The summed E-state index contributed by atoms with van der Waals surface area (Å²) >= 11 is 0. The van der Waals surface area contributed by atoms with Gasteiger partial charge in [-0.2, -0.15) is 0 Å². The third-order valence-corrected chi connectivity index (χ3v) is 4.90. The molecule has 2 aliphatic heterocycles. The topological polar surface area (TPSA) is 62.8 Å². The molecule has 4 rings (SSSR count). The largest absolute Gasteiger partial charge is 0.486 e. The third kappa shape index (κ3) is 4.45. The van der Waals surface area contributed by atoms with Crippen molar-refractivity contribution in [2.24, 2.45) is 0 Å². The van der Waals surface area contributed by atoms with E-state index in [9.17, 15) is 4.79 Å². The monoisotopic (exact) mass is 367 g/mol. The molecule has 0 atom stereocenters. The molecular weight excluding hydrogens is 342 g/mol. The van der Waals surface area contributed by atoms with Gasteiger partial charge in [0.05, 0.1) is 0 Å². The number of amides is 2. The van der Waals surface area contributed by atoms with Crippen molar-refractivity contribution in [2.75, 3.05) is 43.1 Å². The van der Waals surface area contributed by atoms with Crippen LogP contribution in [-0.2, 0) is 6.42 Å². The van der Waals surface area contributed by atoms with Crippen molar-refractivity contribution in [1.29, 1.82) is 0 Å². The third-order valence-electron chi connectivity index (χ3n) is 4.90. The second-order valence-electron chi connectivity index (χ2n) is 6.85. The van der Waals surface area contributed by atoms with Crippen LogP contribution in [0.2, 0.25) is 0 Å². The van der Waals surface area contributed by atoms with Gasteiger partial charge < -0.3 is 25.0 Å². The van der Waals surface area contributed by atoms with Crippen LogP contribution < -0.4 is 25.0 Å². The minimum atomic E-state index is -0.193. The van der Waals surface area contributed by atoms with Gasteiger partial charge >= 0.3 is 6.03 Å². The van der Waals surface area contributed by atoms with E-state index in [0.29, 0.717) is 19.8 Å². The van der Waals surface area contributed by atoms with Gasteiger partial charge in [-0.3, -0.25) is 0 Å². The molecule has 142 valence electrons. The van der Waals surface area contributed by atoms with Crippen LogP contribution in [0.15, 0.2) is 42.5 Å². The van der Waals surface area contributed by atoms with Gasteiger partial charge in [0.25, 0.3) is 0 Å². The maximum atomic E-state index is 12.1. The zero-order valence-electron chi connectivity index (χ0n) is 15.4. The Kier molecular flexibility index (Phi) is 5.32. The molecule has 2 aliphatic rings. The van der Waals surface area contributed by atoms with E-state index in [1.54, 1.807) is 0 Å². The fourth-order valence-electron chi connectivity index (χ4n) is 3.47. The first-order chi connectivity index (χ1) is 13.3. The zero-order valence-corrected chi connectivity index (χ0v) is 15.4. The molecule has 1 fully saturated rings. The number of ether oxygens (including phenoxy) is 2. The normalized spacial score (nSPS) is 15.5. The van der Waals surface area contributed by atoms with E-state index in [0.717, 1.165) is 42.3 Å². The van der Waals surface area contributed by atoms with E-state index in [1.807, 2.05) is 30.3 Å². The fourth-order valence-corrected chi connectivity index (χ4v) is 3.47. The molecule has 6 nitrogen and oxygen atoms in total. The van der Waals surface area contributed by atoms with E-state index < -0.39 is 0 Å². The highest BCUT2D eigenvalue weighted by molar-refractivity contribution is 5.89. The van der Waals surface area contributed by atoms with Crippen molar-refractivity contribution >= 4 is 17.4 Å². The fraction of sp³-hybridized carbons (Fsp3) is 0.381. The lowest BCUT2D eigenvalue weighted by Crippen LogP contribution is -2.30. The summed E-state index contributed by atoms with van der Waals surface area (Å²) in [5.74, 6) is 1.56. The van der Waals surface area contributed by atoms with E-state index in [1.165, 1.54) is 18.5 Å². The van der Waals surface area contributed by atoms with E-state index in [4.69, 9.17) is 9.47 Å². The summed E-state index contributed by atoms with van der Waals surface area (Å²) in [5, 5.41) is 5.78. The number of benzene rings is 2. The molecule has 0 spiro atoms. The van der Waals surface area contributed by atoms with Gasteiger partial charge in [0.1, 0.15) is 13.2 Å². The molecule has 0 radical (unpaired) electrons. The molecule has 2 N–H and O–H groups in total. The van der Waals surface area contributed by atoms with Gasteiger partial charge in [0.15, 0.2) is 11.5 Å². The predicted octanol–water partition coefficient (Wildman–Crippen LogP) is 3.42.